The second-order valence-electron chi connectivity index (χ2n) is 10.1. The highest BCUT2D eigenvalue weighted by molar-refractivity contribution is 7.93. The average Bonchev–Trinajstić information content (AvgIpc) is 3.40. The van der Waals surface area contributed by atoms with Crippen LogP contribution in [0.15, 0.2) is 102 Å². The maximum atomic E-state index is 13.9. The molecule has 0 bridgehead atoms. The van der Waals surface area contributed by atoms with Gasteiger partial charge in [0.05, 0.1) is 29.1 Å². The number of rotatable bonds is 10. The summed E-state index contributed by atoms with van der Waals surface area (Å²) in [6, 6.07) is 22.5. The third-order valence-corrected chi connectivity index (χ3v) is 8.97. The Morgan fingerprint density at radius 2 is 1.61 bits per heavy atom. The van der Waals surface area contributed by atoms with E-state index in [9.17, 15) is 31.2 Å². The molecule has 1 atom stereocenters. The number of nitrogens with one attached hydrogen (secondary N) is 1. The number of nitrogens with zero attached hydrogens (tertiary/aromatic N) is 1. The van der Waals surface area contributed by atoms with Gasteiger partial charge >= 0.3 is 12.1 Å². The van der Waals surface area contributed by atoms with Crippen molar-refractivity contribution in [3.05, 3.63) is 114 Å². The smallest absolute Gasteiger partial charge is 0.416 e. The van der Waals surface area contributed by atoms with Crippen LogP contribution in [0.3, 0.4) is 0 Å². The van der Waals surface area contributed by atoms with Gasteiger partial charge < -0.3 is 15.2 Å². The lowest BCUT2D eigenvalue weighted by Crippen LogP contribution is -2.48. The summed E-state index contributed by atoms with van der Waals surface area (Å²) in [7, 11) is -4.26. The van der Waals surface area contributed by atoms with Crippen molar-refractivity contribution in [3.8, 4) is 16.9 Å². The summed E-state index contributed by atoms with van der Waals surface area (Å²) in [6.07, 6.45) is -4.61. The third kappa shape index (κ3) is 6.55. The molecule has 1 aliphatic rings. The summed E-state index contributed by atoms with van der Waals surface area (Å²) in [5.74, 6) is -1.19. The van der Waals surface area contributed by atoms with E-state index in [4.69, 9.17) is 9.84 Å². The molecule has 4 aromatic rings. The molecule has 0 spiro atoms. The molecule has 0 radical (unpaired) electrons. The van der Waals surface area contributed by atoms with Gasteiger partial charge in [-0.1, -0.05) is 60.7 Å². The number of aliphatic carboxylic acids is 1. The van der Waals surface area contributed by atoms with E-state index in [-0.39, 0.29) is 36.5 Å². The number of anilines is 1. The van der Waals surface area contributed by atoms with E-state index in [1.54, 1.807) is 48.5 Å². The van der Waals surface area contributed by atoms with Crippen molar-refractivity contribution in [1.82, 2.24) is 5.32 Å². The van der Waals surface area contributed by atoms with Gasteiger partial charge in [0.25, 0.3) is 10.0 Å². The maximum Gasteiger partial charge on any atom is 0.416 e. The van der Waals surface area contributed by atoms with Crippen LogP contribution in [-0.2, 0) is 38.6 Å². The van der Waals surface area contributed by atoms with Crippen LogP contribution in [0.5, 0.6) is 5.75 Å². The van der Waals surface area contributed by atoms with E-state index in [1.165, 1.54) is 36.4 Å². The summed E-state index contributed by atoms with van der Waals surface area (Å²) < 4.78 is 74.1. The molecule has 0 unspecified atom stereocenters. The van der Waals surface area contributed by atoms with Crippen LogP contribution in [0.2, 0.25) is 0 Å². The standard InChI is InChI=1S/C32H27F3N2O6S/c33-32(34,35)25-9-5-8-22(18-25)21-12-14-26(15-13-21)44(41,42)37-27-10-3-1-6-23(27)19-28(37)31(40)36-16-17-43-29-11-4-2-7-24(29)20-30(38)39/h1-15,18,28H,16-17,19-20H2,(H,36,40)(H,38,39)/t28-/m0/s1. The molecular formula is C32H27F3N2O6S. The van der Waals surface area contributed by atoms with Crippen molar-refractivity contribution >= 4 is 27.6 Å². The number of hydrogen-bond acceptors (Lipinski definition) is 5. The minimum Gasteiger partial charge on any atom is -0.491 e. The Morgan fingerprint density at radius 1 is 0.909 bits per heavy atom. The fourth-order valence-electron chi connectivity index (χ4n) is 5.07. The molecule has 1 amide bonds. The molecule has 2 N–H and O–H groups in total. The van der Waals surface area contributed by atoms with Gasteiger partial charge in [-0.2, -0.15) is 13.2 Å². The number of hydrogen-bond donors (Lipinski definition) is 2. The first-order valence-electron chi connectivity index (χ1n) is 13.6. The molecule has 0 aliphatic carbocycles. The number of fused-ring (bicyclic) bond motifs is 1. The molecule has 8 nitrogen and oxygen atoms in total. The van der Waals surface area contributed by atoms with Crippen LogP contribution in [0.1, 0.15) is 16.7 Å². The Bertz CT molecular complexity index is 1790. The van der Waals surface area contributed by atoms with Crippen molar-refractivity contribution in [2.24, 2.45) is 0 Å². The van der Waals surface area contributed by atoms with Crippen LogP contribution in [0.4, 0.5) is 18.9 Å². The number of sulfonamides is 1. The lowest BCUT2D eigenvalue weighted by Gasteiger charge is -2.26. The summed E-state index contributed by atoms with van der Waals surface area (Å²) in [5.41, 5.74) is 1.36. The van der Waals surface area contributed by atoms with Gasteiger partial charge in [-0.05, 0) is 53.1 Å². The highest BCUT2D eigenvalue weighted by Crippen LogP contribution is 2.38. The minimum absolute atomic E-state index is 0.0196. The second-order valence-corrected chi connectivity index (χ2v) is 11.9. The molecule has 44 heavy (non-hydrogen) atoms. The molecule has 12 heteroatoms. The Hall–Kier alpha value is -4.84. The summed E-state index contributed by atoms with van der Waals surface area (Å²) >= 11 is 0. The lowest BCUT2D eigenvalue weighted by molar-refractivity contribution is -0.138. The normalized spacial score (nSPS) is 14.6. The molecule has 228 valence electrons. The Kier molecular flexibility index (Phi) is 8.63. The van der Waals surface area contributed by atoms with Crippen molar-refractivity contribution in [2.75, 3.05) is 17.5 Å². The van der Waals surface area contributed by atoms with E-state index in [0.29, 0.717) is 28.1 Å². The molecule has 0 aromatic heterocycles. The van der Waals surface area contributed by atoms with Gasteiger partial charge in [-0.25, -0.2) is 8.42 Å². The summed E-state index contributed by atoms with van der Waals surface area (Å²) in [5, 5.41) is 11.8. The van der Waals surface area contributed by atoms with E-state index in [0.717, 1.165) is 16.4 Å². The first-order valence-corrected chi connectivity index (χ1v) is 15.0. The second kappa shape index (κ2) is 12.4. The van der Waals surface area contributed by atoms with Crippen LogP contribution < -0.4 is 14.4 Å². The number of halogens is 3. The largest absolute Gasteiger partial charge is 0.491 e. The Balaban J connectivity index is 1.33. The van der Waals surface area contributed by atoms with Crippen molar-refractivity contribution < 1.29 is 41.0 Å². The maximum absolute atomic E-state index is 13.9. The number of alkyl halides is 3. The number of benzene rings is 4. The first kappa shape index (κ1) is 30.6. The lowest BCUT2D eigenvalue weighted by atomic mass is 10.0. The van der Waals surface area contributed by atoms with E-state index >= 15 is 0 Å². The van der Waals surface area contributed by atoms with Gasteiger partial charge in [0.1, 0.15) is 18.4 Å². The zero-order valence-electron chi connectivity index (χ0n) is 23.1. The number of carboxylic acid groups (broad SMARTS) is 1. The van der Waals surface area contributed by atoms with Gasteiger partial charge in [0.2, 0.25) is 5.91 Å². The number of carbonyl (C=O) groups is 2. The van der Waals surface area contributed by atoms with Crippen molar-refractivity contribution in [3.63, 3.8) is 0 Å². The van der Waals surface area contributed by atoms with Gasteiger partial charge in [-0.3, -0.25) is 13.9 Å². The van der Waals surface area contributed by atoms with Gasteiger partial charge in [0, 0.05) is 12.0 Å². The summed E-state index contributed by atoms with van der Waals surface area (Å²) in [4.78, 5) is 24.3. The fraction of sp³-hybridized carbons (Fsp3) is 0.188. The molecule has 1 heterocycles. The fourth-order valence-corrected chi connectivity index (χ4v) is 6.72. The average molecular weight is 625 g/mol. The molecule has 1 aliphatic heterocycles. The monoisotopic (exact) mass is 624 g/mol. The van der Waals surface area contributed by atoms with Crippen molar-refractivity contribution in [1.29, 1.82) is 0 Å². The first-order chi connectivity index (χ1) is 20.9. The van der Waals surface area contributed by atoms with E-state index in [1.807, 2.05) is 0 Å². The SMILES string of the molecule is O=C(O)Cc1ccccc1OCCNC(=O)[C@@H]1Cc2ccccc2N1S(=O)(=O)c1ccc(-c2cccc(C(F)(F)F)c2)cc1. The zero-order chi connectivity index (χ0) is 31.5. The molecule has 4 aromatic carbocycles. The molecular weight excluding hydrogens is 597 g/mol. The molecule has 0 saturated carbocycles. The van der Waals surface area contributed by atoms with Crippen LogP contribution in [0.25, 0.3) is 11.1 Å². The topological polar surface area (TPSA) is 113 Å². The third-order valence-electron chi connectivity index (χ3n) is 7.14. The Morgan fingerprint density at radius 3 is 2.34 bits per heavy atom. The van der Waals surface area contributed by atoms with Crippen molar-refractivity contribution in [2.45, 2.75) is 30.0 Å². The number of amides is 1. The van der Waals surface area contributed by atoms with Crippen LogP contribution >= 0.6 is 0 Å². The van der Waals surface area contributed by atoms with Gasteiger partial charge in [-0.15, -0.1) is 0 Å². The molecule has 0 saturated heterocycles. The number of carboxylic acids is 1. The molecule has 0 fully saturated rings. The Labute approximate surface area is 251 Å². The predicted octanol–water partition coefficient (Wildman–Crippen LogP) is 5.31. The quantitative estimate of drug-likeness (QED) is 0.231. The zero-order valence-corrected chi connectivity index (χ0v) is 23.9. The van der Waals surface area contributed by atoms with Gasteiger partial charge in [0.15, 0.2) is 0 Å². The predicted molar refractivity (Wildman–Crippen MR) is 157 cm³/mol. The van der Waals surface area contributed by atoms with E-state index in [2.05, 4.69) is 5.32 Å². The summed E-state index contributed by atoms with van der Waals surface area (Å²) in [6.45, 7) is 0.0540. The van der Waals surface area contributed by atoms with Crippen LogP contribution in [-0.4, -0.2) is 44.6 Å². The van der Waals surface area contributed by atoms with E-state index < -0.39 is 39.7 Å². The van der Waals surface area contributed by atoms with Crippen LogP contribution in [0, 0.1) is 0 Å². The highest BCUT2D eigenvalue weighted by atomic mass is 32.2. The highest BCUT2D eigenvalue weighted by Gasteiger charge is 2.42. The number of para-hydroxylation sites is 2. The number of carbonyl (C=O) groups excluding carboxylic acids is 1. The number of ether oxygens (including phenoxy) is 1. The molecule has 5 rings (SSSR count). The minimum atomic E-state index is -4.52.